The predicted molar refractivity (Wildman–Crippen MR) is 85.3 cm³/mol. The van der Waals surface area contributed by atoms with Crippen molar-refractivity contribution in [1.29, 1.82) is 0 Å². The van der Waals surface area contributed by atoms with Crippen LogP contribution in [-0.2, 0) is 16.4 Å². The molecule has 3 rings (SSSR count). The fourth-order valence-electron chi connectivity index (χ4n) is 2.75. The van der Waals surface area contributed by atoms with Crippen molar-refractivity contribution in [2.45, 2.75) is 44.0 Å². The third-order valence-corrected chi connectivity index (χ3v) is 5.62. The molecule has 0 bridgehead atoms. The van der Waals surface area contributed by atoms with Crippen molar-refractivity contribution in [3.05, 3.63) is 47.5 Å². The van der Waals surface area contributed by atoms with Gasteiger partial charge in [-0.15, -0.1) is 0 Å². The Labute approximate surface area is 131 Å². The van der Waals surface area contributed by atoms with Crippen molar-refractivity contribution in [3.63, 3.8) is 0 Å². The van der Waals surface area contributed by atoms with Gasteiger partial charge >= 0.3 is 0 Å². The Balaban J connectivity index is 1.67. The molecule has 0 amide bonds. The molecule has 1 aliphatic carbocycles. The van der Waals surface area contributed by atoms with Crippen LogP contribution in [0.5, 0.6) is 0 Å². The van der Waals surface area contributed by atoms with Crippen LogP contribution in [0.3, 0.4) is 0 Å². The Morgan fingerprint density at radius 1 is 1.27 bits per heavy atom. The number of aromatic nitrogens is 2. The molecule has 118 valence electrons. The van der Waals surface area contributed by atoms with Crippen LogP contribution in [0.4, 0.5) is 0 Å². The minimum Gasteiger partial charge on any atom is -0.329 e. The maximum Gasteiger partial charge on any atom is 0.240 e. The van der Waals surface area contributed by atoms with E-state index in [-0.39, 0.29) is 0 Å². The molecule has 1 saturated carbocycles. The zero-order valence-corrected chi connectivity index (χ0v) is 13.7. The maximum absolute atomic E-state index is 12.3. The van der Waals surface area contributed by atoms with Crippen LogP contribution in [0.25, 0.3) is 0 Å². The molecule has 1 aromatic carbocycles. The Morgan fingerprint density at radius 3 is 2.68 bits per heavy atom. The van der Waals surface area contributed by atoms with Crippen LogP contribution in [-0.4, -0.2) is 24.5 Å². The van der Waals surface area contributed by atoms with Gasteiger partial charge < -0.3 is 4.57 Å². The second kappa shape index (κ2) is 5.85. The smallest absolute Gasteiger partial charge is 0.240 e. The average molecular weight is 319 g/mol. The van der Waals surface area contributed by atoms with Crippen molar-refractivity contribution in [1.82, 2.24) is 14.3 Å². The highest BCUT2D eigenvalue weighted by atomic mass is 32.2. The number of nitrogens with zero attached hydrogens (tertiary/aromatic N) is 2. The highest BCUT2D eigenvalue weighted by Crippen LogP contribution is 2.36. The molecular weight excluding hydrogens is 298 g/mol. The quantitative estimate of drug-likeness (QED) is 0.889. The van der Waals surface area contributed by atoms with Crippen molar-refractivity contribution in [2.24, 2.45) is 0 Å². The highest BCUT2D eigenvalue weighted by molar-refractivity contribution is 7.89. The second-order valence-corrected chi connectivity index (χ2v) is 7.57. The number of imidazole rings is 1. The molecule has 1 N–H and O–H groups in total. The SMILES string of the molecule is Cc1ccccc1S(=O)(=O)NCCc1ncc(C)n1C1CC1. The third-order valence-electron chi connectivity index (χ3n) is 3.99. The van der Waals surface area contributed by atoms with Gasteiger partial charge in [0.15, 0.2) is 0 Å². The first-order chi connectivity index (χ1) is 10.5. The monoisotopic (exact) mass is 319 g/mol. The van der Waals surface area contributed by atoms with Crippen molar-refractivity contribution >= 4 is 10.0 Å². The molecule has 6 heteroatoms. The number of hydrogen-bond donors (Lipinski definition) is 1. The summed E-state index contributed by atoms with van der Waals surface area (Å²) in [4.78, 5) is 4.76. The Bertz CT molecular complexity index is 776. The van der Waals surface area contributed by atoms with E-state index >= 15 is 0 Å². The van der Waals surface area contributed by atoms with Gasteiger partial charge in [-0.05, 0) is 38.3 Å². The number of rotatable bonds is 6. The van der Waals surface area contributed by atoms with Gasteiger partial charge in [0.25, 0.3) is 0 Å². The van der Waals surface area contributed by atoms with E-state index in [0.29, 0.717) is 23.9 Å². The van der Waals surface area contributed by atoms with Crippen LogP contribution in [0.1, 0.15) is 36.0 Å². The average Bonchev–Trinajstić information content (AvgIpc) is 3.23. The van der Waals surface area contributed by atoms with Crippen molar-refractivity contribution in [2.75, 3.05) is 6.54 Å². The molecule has 22 heavy (non-hydrogen) atoms. The van der Waals surface area contributed by atoms with Crippen LogP contribution in [0.2, 0.25) is 0 Å². The summed E-state index contributed by atoms with van der Waals surface area (Å²) in [6.45, 7) is 4.21. The summed E-state index contributed by atoms with van der Waals surface area (Å²) in [7, 11) is -3.46. The lowest BCUT2D eigenvalue weighted by atomic mass is 10.2. The summed E-state index contributed by atoms with van der Waals surface area (Å²) in [5.41, 5.74) is 1.91. The van der Waals surface area contributed by atoms with Gasteiger partial charge in [0, 0.05) is 30.9 Å². The van der Waals surface area contributed by atoms with E-state index < -0.39 is 10.0 Å². The number of benzene rings is 1. The fraction of sp³-hybridized carbons (Fsp3) is 0.438. The lowest BCUT2D eigenvalue weighted by molar-refractivity contribution is 0.577. The molecule has 0 saturated heterocycles. The molecular formula is C16H21N3O2S. The van der Waals surface area contributed by atoms with Gasteiger partial charge in [0.1, 0.15) is 5.82 Å². The molecule has 1 fully saturated rings. The molecule has 2 aromatic rings. The second-order valence-electron chi connectivity index (χ2n) is 5.83. The molecule has 1 heterocycles. The summed E-state index contributed by atoms with van der Waals surface area (Å²) < 4.78 is 29.6. The number of sulfonamides is 1. The summed E-state index contributed by atoms with van der Waals surface area (Å²) in [5, 5.41) is 0. The molecule has 5 nitrogen and oxygen atoms in total. The molecule has 0 radical (unpaired) electrons. The topological polar surface area (TPSA) is 64.0 Å². The summed E-state index contributed by atoms with van der Waals surface area (Å²) >= 11 is 0. The van der Waals surface area contributed by atoms with E-state index in [2.05, 4.69) is 14.3 Å². The van der Waals surface area contributed by atoms with Crippen molar-refractivity contribution in [3.8, 4) is 0 Å². The van der Waals surface area contributed by atoms with E-state index in [0.717, 1.165) is 17.1 Å². The van der Waals surface area contributed by atoms with Crippen LogP contribution in [0.15, 0.2) is 35.4 Å². The summed E-state index contributed by atoms with van der Waals surface area (Å²) in [6, 6.07) is 7.57. The summed E-state index contributed by atoms with van der Waals surface area (Å²) in [5.74, 6) is 0.965. The summed E-state index contributed by atoms with van der Waals surface area (Å²) in [6.07, 6.45) is 4.86. The van der Waals surface area contributed by atoms with Gasteiger partial charge in [0.05, 0.1) is 4.90 Å². The Kier molecular flexibility index (Phi) is 4.06. The van der Waals surface area contributed by atoms with Crippen LogP contribution >= 0.6 is 0 Å². The lowest BCUT2D eigenvalue weighted by Crippen LogP contribution is -2.27. The molecule has 0 atom stereocenters. The minimum atomic E-state index is -3.46. The molecule has 0 aliphatic heterocycles. The van der Waals surface area contributed by atoms with Gasteiger partial charge in [0.2, 0.25) is 10.0 Å². The Hall–Kier alpha value is -1.66. The van der Waals surface area contributed by atoms with Gasteiger partial charge in [-0.1, -0.05) is 18.2 Å². The van der Waals surface area contributed by atoms with Crippen molar-refractivity contribution < 1.29 is 8.42 Å². The highest BCUT2D eigenvalue weighted by Gasteiger charge is 2.27. The number of nitrogens with one attached hydrogen (secondary N) is 1. The zero-order valence-electron chi connectivity index (χ0n) is 12.9. The van der Waals surface area contributed by atoms with E-state index in [1.807, 2.05) is 19.2 Å². The normalized spacial score (nSPS) is 15.2. The van der Waals surface area contributed by atoms with E-state index in [9.17, 15) is 8.42 Å². The largest absolute Gasteiger partial charge is 0.329 e. The molecule has 1 aliphatic rings. The van der Waals surface area contributed by atoms with Gasteiger partial charge in [-0.3, -0.25) is 0 Å². The van der Waals surface area contributed by atoms with Crippen LogP contribution < -0.4 is 4.72 Å². The molecule has 1 aromatic heterocycles. The Morgan fingerprint density at radius 2 is 2.00 bits per heavy atom. The number of aryl methyl sites for hydroxylation is 2. The standard InChI is InChI=1S/C16H21N3O2S/c1-12-5-3-4-6-15(12)22(20,21)18-10-9-16-17-11-13(2)19(16)14-7-8-14/h3-6,11,14,18H,7-10H2,1-2H3. The zero-order chi connectivity index (χ0) is 15.7. The predicted octanol–water partition coefficient (Wildman–Crippen LogP) is 2.36. The third kappa shape index (κ3) is 3.08. The van der Waals surface area contributed by atoms with E-state index in [4.69, 9.17) is 0 Å². The minimum absolute atomic E-state index is 0.344. The number of hydrogen-bond acceptors (Lipinski definition) is 3. The maximum atomic E-state index is 12.3. The first-order valence-corrected chi connectivity index (χ1v) is 9.05. The lowest BCUT2D eigenvalue weighted by Gasteiger charge is -2.11. The molecule has 0 unspecified atom stereocenters. The molecule has 0 spiro atoms. The van der Waals surface area contributed by atoms with E-state index in [1.54, 1.807) is 25.1 Å². The fourth-order valence-corrected chi connectivity index (χ4v) is 4.02. The van der Waals surface area contributed by atoms with Gasteiger partial charge in [-0.25, -0.2) is 18.1 Å². The van der Waals surface area contributed by atoms with Gasteiger partial charge in [-0.2, -0.15) is 0 Å². The first kappa shape index (κ1) is 15.2. The first-order valence-electron chi connectivity index (χ1n) is 7.57. The van der Waals surface area contributed by atoms with Crippen LogP contribution in [0, 0.1) is 13.8 Å². The van der Waals surface area contributed by atoms with E-state index in [1.165, 1.54) is 12.8 Å².